The molecule has 1 aliphatic rings. The molecule has 2 atom stereocenters. The maximum Gasteiger partial charge on any atom is 0.0705 e. The molecule has 1 aromatic heterocycles. The van der Waals surface area contributed by atoms with Gasteiger partial charge in [0.05, 0.1) is 11.2 Å². The Morgan fingerprint density at radius 2 is 1.90 bits per heavy atom. The molecule has 0 saturated heterocycles. The molecule has 1 aromatic carbocycles. The summed E-state index contributed by atoms with van der Waals surface area (Å²) in [7, 11) is 0. The Labute approximate surface area is 121 Å². The molecule has 2 nitrogen and oxygen atoms in total. The second-order valence-electron chi connectivity index (χ2n) is 6.10. The van der Waals surface area contributed by atoms with Crippen molar-refractivity contribution in [3.8, 4) is 0 Å². The van der Waals surface area contributed by atoms with Crippen LogP contribution in [0.25, 0.3) is 10.9 Å². The molecule has 1 N–H and O–H groups in total. The van der Waals surface area contributed by atoms with Crippen molar-refractivity contribution in [2.45, 2.75) is 51.6 Å². The first kappa shape index (κ1) is 13.6. The number of hydrogen-bond acceptors (Lipinski definition) is 2. The number of para-hydroxylation sites is 1. The van der Waals surface area contributed by atoms with Gasteiger partial charge in [-0.1, -0.05) is 50.5 Å². The average molecular weight is 268 g/mol. The smallest absolute Gasteiger partial charge is 0.0705 e. The van der Waals surface area contributed by atoms with Crippen molar-refractivity contribution in [1.29, 1.82) is 0 Å². The van der Waals surface area contributed by atoms with Crippen LogP contribution in [0.15, 0.2) is 36.4 Å². The predicted molar refractivity (Wildman–Crippen MR) is 84.6 cm³/mol. The minimum Gasteiger partial charge on any atom is -0.308 e. The van der Waals surface area contributed by atoms with E-state index in [0.717, 1.165) is 23.7 Å². The third kappa shape index (κ3) is 3.18. The van der Waals surface area contributed by atoms with Crippen molar-refractivity contribution in [3.63, 3.8) is 0 Å². The van der Waals surface area contributed by atoms with Crippen molar-refractivity contribution < 1.29 is 0 Å². The fourth-order valence-corrected chi connectivity index (χ4v) is 3.24. The standard InChI is InChI=1S/C18H24N2/c1-14-7-3-2-4-9-17(14)19-13-16-12-11-15-8-5-6-10-18(15)20-16/h5-6,8,10-12,14,17,19H,2-4,7,9,13H2,1H3. The molecule has 2 aromatic rings. The third-order valence-corrected chi connectivity index (χ3v) is 4.56. The van der Waals surface area contributed by atoms with Crippen LogP contribution in [0.4, 0.5) is 0 Å². The highest BCUT2D eigenvalue weighted by molar-refractivity contribution is 5.78. The van der Waals surface area contributed by atoms with Crippen molar-refractivity contribution in [2.75, 3.05) is 0 Å². The van der Waals surface area contributed by atoms with Gasteiger partial charge in [0.25, 0.3) is 0 Å². The normalized spacial score (nSPS) is 23.6. The van der Waals surface area contributed by atoms with Crippen molar-refractivity contribution in [1.82, 2.24) is 10.3 Å². The Balaban J connectivity index is 1.66. The minimum absolute atomic E-state index is 0.658. The highest BCUT2D eigenvalue weighted by Gasteiger charge is 2.19. The van der Waals surface area contributed by atoms with E-state index in [-0.39, 0.29) is 0 Å². The van der Waals surface area contributed by atoms with Gasteiger partial charge < -0.3 is 5.32 Å². The molecule has 1 aliphatic carbocycles. The van der Waals surface area contributed by atoms with Crippen molar-refractivity contribution in [2.24, 2.45) is 5.92 Å². The fraction of sp³-hybridized carbons (Fsp3) is 0.500. The van der Waals surface area contributed by atoms with E-state index in [1.165, 1.54) is 37.5 Å². The van der Waals surface area contributed by atoms with Crippen LogP contribution in [0.5, 0.6) is 0 Å². The highest BCUT2D eigenvalue weighted by atomic mass is 14.9. The van der Waals surface area contributed by atoms with E-state index < -0.39 is 0 Å². The number of benzene rings is 1. The lowest BCUT2D eigenvalue weighted by atomic mass is 9.97. The topological polar surface area (TPSA) is 24.9 Å². The van der Waals surface area contributed by atoms with Gasteiger partial charge in [-0.3, -0.25) is 4.98 Å². The van der Waals surface area contributed by atoms with Crippen LogP contribution in [0.2, 0.25) is 0 Å². The molecule has 1 heterocycles. The fourth-order valence-electron chi connectivity index (χ4n) is 3.24. The molecule has 0 radical (unpaired) electrons. The Kier molecular flexibility index (Phi) is 4.31. The summed E-state index contributed by atoms with van der Waals surface area (Å²) in [5.74, 6) is 0.790. The Morgan fingerprint density at radius 1 is 1.05 bits per heavy atom. The van der Waals surface area contributed by atoms with Gasteiger partial charge in [-0.2, -0.15) is 0 Å². The van der Waals surface area contributed by atoms with E-state index >= 15 is 0 Å². The van der Waals surface area contributed by atoms with E-state index in [1.807, 2.05) is 0 Å². The lowest BCUT2D eigenvalue weighted by Crippen LogP contribution is -2.34. The van der Waals surface area contributed by atoms with E-state index in [0.29, 0.717) is 6.04 Å². The first-order valence-electron chi connectivity index (χ1n) is 7.91. The first-order chi connectivity index (χ1) is 9.83. The van der Waals surface area contributed by atoms with Crippen LogP contribution in [0.3, 0.4) is 0 Å². The lowest BCUT2D eigenvalue weighted by molar-refractivity contribution is 0.355. The monoisotopic (exact) mass is 268 g/mol. The molecule has 0 bridgehead atoms. The minimum atomic E-state index is 0.658. The van der Waals surface area contributed by atoms with Gasteiger partial charge in [0.1, 0.15) is 0 Å². The van der Waals surface area contributed by atoms with Crippen molar-refractivity contribution >= 4 is 10.9 Å². The van der Waals surface area contributed by atoms with Gasteiger partial charge in [-0.25, -0.2) is 0 Å². The molecule has 2 unspecified atom stereocenters. The van der Waals surface area contributed by atoms with Gasteiger partial charge in [0.2, 0.25) is 0 Å². The molecule has 1 saturated carbocycles. The molecule has 0 spiro atoms. The van der Waals surface area contributed by atoms with E-state index in [1.54, 1.807) is 0 Å². The summed E-state index contributed by atoms with van der Waals surface area (Å²) in [4.78, 5) is 4.75. The van der Waals surface area contributed by atoms with Crippen LogP contribution < -0.4 is 5.32 Å². The maximum atomic E-state index is 4.75. The van der Waals surface area contributed by atoms with E-state index in [4.69, 9.17) is 4.98 Å². The van der Waals surface area contributed by atoms with E-state index in [2.05, 4.69) is 48.6 Å². The summed E-state index contributed by atoms with van der Waals surface area (Å²) in [6, 6.07) is 13.3. The number of aromatic nitrogens is 1. The zero-order valence-electron chi connectivity index (χ0n) is 12.3. The maximum absolute atomic E-state index is 4.75. The zero-order chi connectivity index (χ0) is 13.8. The quantitative estimate of drug-likeness (QED) is 0.840. The number of nitrogens with zero attached hydrogens (tertiary/aromatic N) is 1. The summed E-state index contributed by atoms with van der Waals surface area (Å²) < 4.78 is 0. The number of nitrogens with one attached hydrogen (secondary N) is 1. The summed E-state index contributed by atoms with van der Waals surface area (Å²) in [5, 5.41) is 4.95. The van der Waals surface area contributed by atoms with Gasteiger partial charge in [0, 0.05) is 18.0 Å². The van der Waals surface area contributed by atoms with Gasteiger partial charge >= 0.3 is 0 Å². The third-order valence-electron chi connectivity index (χ3n) is 4.56. The van der Waals surface area contributed by atoms with Crippen LogP contribution in [0.1, 0.15) is 44.7 Å². The summed E-state index contributed by atoms with van der Waals surface area (Å²) in [6.07, 6.45) is 6.84. The molecular formula is C18H24N2. The number of rotatable bonds is 3. The Bertz CT molecular complexity index is 564. The lowest BCUT2D eigenvalue weighted by Gasteiger charge is -2.22. The molecule has 20 heavy (non-hydrogen) atoms. The predicted octanol–water partition coefficient (Wildman–Crippen LogP) is 4.29. The van der Waals surface area contributed by atoms with Crippen LogP contribution in [-0.2, 0) is 6.54 Å². The summed E-state index contributed by atoms with van der Waals surface area (Å²) in [5.41, 5.74) is 2.25. The molecule has 2 heteroatoms. The molecule has 0 aliphatic heterocycles. The molecule has 0 amide bonds. The molecular weight excluding hydrogens is 244 g/mol. The van der Waals surface area contributed by atoms with Crippen LogP contribution in [-0.4, -0.2) is 11.0 Å². The van der Waals surface area contributed by atoms with Crippen molar-refractivity contribution in [3.05, 3.63) is 42.1 Å². The summed E-state index contributed by atoms with van der Waals surface area (Å²) in [6.45, 7) is 3.27. The molecule has 106 valence electrons. The first-order valence-corrected chi connectivity index (χ1v) is 7.91. The molecule has 1 fully saturated rings. The number of fused-ring (bicyclic) bond motifs is 1. The second kappa shape index (κ2) is 6.36. The highest BCUT2D eigenvalue weighted by Crippen LogP contribution is 2.23. The van der Waals surface area contributed by atoms with Gasteiger partial charge in [-0.05, 0) is 30.9 Å². The van der Waals surface area contributed by atoms with Crippen LogP contribution >= 0.6 is 0 Å². The average Bonchev–Trinajstić information content (AvgIpc) is 2.69. The van der Waals surface area contributed by atoms with E-state index in [9.17, 15) is 0 Å². The Morgan fingerprint density at radius 3 is 2.85 bits per heavy atom. The van der Waals surface area contributed by atoms with Crippen LogP contribution in [0, 0.1) is 5.92 Å². The number of pyridine rings is 1. The largest absolute Gasteiger partial charge is 0.308 e. The number of hydrogen-bond donors (Lipinski definition) is 1. The van der Waals surface area contributed by atoms with Gasteiger partial charge in [0.15, 0.2) is 0 Å². The van der Waals surface area contributed by atoms with Gasteiger partial charge in [-0.15, -0.1) is 0 Å². The second-order valence-corrected chi connectivity index (χ2v) is 6.10. The Hall–Kier alpha value is -1.41. The SMILES string of the molecule is CC1CCCCCC1NCc1ccc2ccccc2n1. The summed E-state index contributed by atoms with van der Waals surface area (Å²) >= 11 is 0. The zero-order valence-corrected chi connectivity index (χ0v) is 12.3. The molecule has 3 rings (SSSR count).